The van der Waals surface area contributed by atoms with E-state index in [0.29, 0.717) is 0 Å². The average Bonchev–Trinajstić information content (AvgIpc) is 1.36. The zero-order valence-corrected chi connectivity index (χ0v) is 5.36. The van der Waals surface area contributed by atoms with Crippen LogP contribution in [0, 0.1) is 0 Å². The first-order valence-electron chi connectivity index (χ1n) is 1.82. The van der Waals surface area contributed by atoms with Crippen LogP contribution in [-0.2, 0) is 4.46 Å². The molecular weight excluding hydrogens is 101 g/mol. The van der Waals surface area contributed by atoms with E-state index in [1.165, 1.54) is 0 Å². The summed E-state index contributed by atoms with van der Waals surface area (Å²) in [6.45, 7) is 1.71. The van der Waals surface area contributed by atoms with Crippen molar-refractivity contribution in [3.05, 3.63) is 0 Å². The van der Waals surface area contributed by atoms with Crippen molar-refractivity contribution in [2.24, 2.45) is 0 Å². The summed E-state index contributed by atoms with van der Waals surface area (Å²) in [6, 6.07) is 0. The predicted molar refractivity (Wildman–Crippen MR) is 33.1 cm³/mol. The van der Waals surface area contributed by atoms with E-state index >= 15 is 0 Å². The van der Waals surface area contributed by atoms with Crippen LogP contribution in [0.25, 0.3) is 0 Å². The van der Waals surface area contributed by atoms with Gasteiger partial charge in [0, 0.05) is 0 Å². The van der Waals surface area contributed by atoms with Gasteiger partial charge in [-0.3, -0.25) is 0 Å². The molecule has 0 bridgehead atoms. The summed E-state index contributed by atoms with van der Waals surface area (Å²) in [5.74, 6) is 0. The van der Waals surface area contributed by atoms with Crippen molar-refractivity contribution < 1.29 is 4.46 Å². The Bertz CT molecular complexity index is 66.0. The van der Waals surface area contributed by atoms with Crippen LogP contribution < -0.4 is 0 Å². The maximum absolute atomic E-state index is 10.3. The van der Waals surface area contributed by atoms with Gasteiger partial charge in [-0.25, -0.2) is 0 Å². The van der Waals surface area contributed by atoms with Gasteiger partial charge in [-0.2, -0.15) is 0 Å². The second-order valence-corrected chi connectivity index (χ2v) is 3.35. The summed E-state index contributed by atoms with van der Waals surface area (Å²) in [5.41, 5.74) is 0. The molecule has 0 aromatic carbocycles. The second-order valence-electron chi connectivity index (χ2n) is 1.41. The molecule has 0 fully saturated rings. The average molecular weight is 111 g/mol. The van der Waals surface area contributed by atoms with Crippen molar-refractivity contribution in [1.29, 1.82) is 0 Å². The van der Waals surface area contributed by atoms with Crippen LogP contribution in [-0.4, -0.2) is 46.4 Å². The third kappa shape index (κ3) is 6.41. The van der Waals surface area contributed by atoms with E-state index in [0.717, 1.165) is 0 Å². The molecule has 0 aliphatic rings. The zero-order chi connectivity index (χ0) is 5.15. The van der Waals surface area contributed by atoms with E-state index in [1.54, 1.807) is 25.2 Å². The summed E-state index contributed by atoms with van der Waals surface area (Å²) in [4.78, 5) is 0. The van der Waals surface area contributed by atoms with E-state index in [-0.39, 0.29) is 18.9 Å². The Morgan fingerprint density at radius 3 is 1.57 bits per heavy atom. The number of hydrogen-bond acceptors (Lipinski definition) is 1. The van der Waals surface area contributed by atoms with Crippen LogP contribution in [0.5, 0.6) is 0 Å². The van der Waals surface area contributed by atoms with Crippen LogP contribution in [0.1, 0.15) is 0 Å². The molecule has 0 aromatic heterocycles. The van der Waals surface area contributed by atoms with Gasteiger partial charge < -0.3 is 9.03 Å². The van der Waals surface area contributed by atoms with Crippen LogP contribution >= 0.6 is 0 Å². The van der Waals surface area contributed by atoms with Gasteiger partial charge in [0.25, 0.3) is 0 Å². The van der Waals surface area contributed by atoms with Gasteiger partial charge in [-0.1, -0.05) is 0 Å². The molecular formula is C3H10LiNOSi. The van der Waals surface area contributed by atoms with E-state index in [9.17, 15) is 4.46 Å². The van der Waals surface area contributed by atoms with Gasteiger partial charge in [0.2, 0.25) is 0 Å². The van der Waals surface area contributed by atoms with Crippen LogP contribution in [0.3, 0.4) is 0 Å². The van der Waals surface area contributed by atoms with E-state index in [4.69, 9.17) is 0 Å². The quantitative estimate of drug-likeness (QED) is 0.423. The summed E-state index contributed by atoms with van der Waals surface area (Å²) in [7, 11) is 2.25. The third-order valence-corrected chi connectivity index (χ3v) is 1.89. The number of hydrogen-bond donors (Lipinski definition) is 0. The zero-order valence-electron chi connectivity index (χ0n) is 4.36. The normalized spacial score (nSPS) is 6.71. The van der Waals surface area contributed by atoms with Crippen molar-refractivity contribution in [2.75, 3.05) is 14.1 Å². The molecule has 0 atom stereocenters. The van der Waals surface area contributed by atoms with Gasteiger partial charge in [0.15, 0.2) is 0 Å². The van der Waals surface area contributed by atoms with Gasteiger partial charge in [0.05, 0.1) is 0 Å². The van der Waals surface area contributed by atoms with Gasteiger partial charge in [-0.15, -0.1) is 0 Å². The molecule has 7 heavy (non-hydrogen) atoms. The Labute approximate surface area is 57.8 Å². The molecule has 38 valence electrons. The Hall–Kier alpha value is 0.414. The molecule has 0 aliphatic heterocycles. The fraction of sp³-hybridized carbons (Fsp3) is 1.00. The van der Waals surface area contributed by atoms with Gasteiger partial charge >= 0.3 is 27.7 Å². The summed E-state index contributed by atoms with van der Waals surface area (Å²) < 4.78 is 12.0. The number of rotatable bonds is 1. The molecule has 0 spiro atoms. The first-order valence-corrected chi connectivity index (χ1v) is 3.68. The minimum atomic E-state index is -1.37. The Balaban J connectivity index is 0. The standard InChI is InChI=1S/C3H9NOSi.Li.H/c1-4(2)6(3)5;;/h1-3H3;;. The SMILES string of the molecule is CN(C)[Si](C)=O.[LiH]. The van der Waals surface area contributed by atoms with Crippen molar-refractivity contribution >= 4 is 27.7 Å². The molecule has 0 amide bonds. The third-order valence-electron chi connectivity index (χ3n) is 0.630. The molecule has 0 aromatic rings. The fourth-order valence-corrected chi connectivity index (χ4v) is 0. The minimum absolute atomic E-state index is 0. The molecule has 0 saturated heterocycles. The van der Waals surface area contributed by atoms with Crippen LogP contribution in [0.4, 0.5) is 0 Å². The molecule has 0 N–H and O–H groups in total. The molecule has 0 aliphatic carbocycles. The van der Waals surface area contributed by atoms with Crippen molar-refractivity contribution in [3.8, 4) is 0 Å². The molecule has 4 heteroatoms. The summed E-state index contributed by atoms with van der Waals surface area (Å²) in [5, 5.41) is 0. The molecule has 0 radical (unpaired) electrons. The van der Waals surface area contributed by atoms with Crippen LogP contribution in [0.15, 0.2) is 0 Å². The van der Waals surface area contributed by atoms with E-state index < -0.39 is 8.84 Å². The predicted octanol–water partition coefficient (Wildman–Crippen LogP) is -0.552. The van der Waals surface area contributed by atoms with E-state index in [1.807, 2.05) is 0 Å². The molecule has 2 nitrogen and oxygen atoms in total. The first-order chi connectivity index (χ1) is 2.64. The summed E-state index contributed by atoms with van der Waals surface area (Å²) >= 11 is 0. The maximum atomic E-state index is 10.3. The number of nitrogens with zero attached hydrogens (tertiary/aromatic N) is 1. The Kier molecular flexibility index (Phi) is 6.79. The van der Waals surface area contributed by atoms with Crippen molar-refractivity contribution in [3.63, 3.8) is 0 Å². The Morgan fingerprint density at radius 1 is 1.43 bits per heavy atom. The van der Waals surface area contributed by atoms with Crippen molar-refractivity contribution in [2.45, 2.75) is 6.55 Å². The summed E-state index contributed by atoms with van der Waals surface area (Å²) in [6.07, 6.45) is 0. The van der Waals surface area contributed by atoms with Crippen molar-refractivity contribution in [1.82, 2.24) is 4.57 Å². The fourth-order valence-electron chi connectivity index (χ4n) is 0. The second kappa shape index (κ2) is 4.57. The van der Waals surface area contributed by atoms with Crippen LogP contribution in [0.2, 0.25) is 6.55 Å². The van der Waals surface area contributed by atoms with E-state index in [2.05, 4.69) is 0 Å². The molecule has 0 saturated carbocycles. The molecule has 0 rings (SSSR count). The molecule has 0 unspecified atom stereocenters. The molecule has 0 heterocycles. The van der Waals surface area contributed by atoms with Gasteiger partial charge in [-0.05, 0) is 20.6 Å². The topological polar surface area (TPSA) is 20.3 Å². The van der Waals surface area contributed by atoms with Gasteiger partial charge in [0.1, 0.15) is 0 Å². The first kappa shape index (κ1) is 10.4. The Morgan fingerprint density at radius 2 is 1.57 bits per heavy atom. The monoisotopic (exact) mass is 111 g/mol.